The number of benzene rings is 1. The largest absolute Gasteiger partial charge is 0.143 e. The van der Waals surface area contributed by atoms with E-state index in [9.17, 15) is 0 Å². The van der Waals surface area contributed by atoms with Crippen molar-refractivity contribution < 1.29 is 0 Å². The number of thiol groups is 1. The molecule has 0 aliphatic heterocycles. The van der Waals surface area contributed by atoms with Gasteiger partial charge in [-0.15, -0.1) is 12.6 Å². The number of hydrogen-bond acceptors (Lipinski definition) is 1. The Labute approximate surface area is 170 Å². The van der Waals surface area contributed by atoms with Gasteiger partial charge in [0.1, 0.15) is 0 Å². The van der Waals surface area contributed by atoms with E-state index in [0.717, 1.165) is 4.90 Å². The Balaban J connectivity index is 2.00. The summed E-state index contributed by atoms with van der Waals surface area (Å²) in [4.78, 5) is 1.16. The topological polar surface area (TPSA) is 0 Å². The first-order valence-electron chi connectivity index (χ1n) is 11.3. The van der Waals surface area contributed by atoms with Crippen LogP contribution in [0.25, 0.3) is 0 Å². The quantitative estimate of drug-likeness (QED) is 0.243. The molecule has 0 heterocycles. The minimum Gasteiger partial charge on any atom is -0.143 e. The van der Waals surface area contributed by atoms with Crippen molar-refractivity contribution in [1.29, 1.82) is 0 Å². The zero-order valence-electron chi connectivity index (χ0n) is 18.1. The van der Waals surface area contributed by atoms with Crippen molar-refractivity contribution in [2.75, 3.05) is 0 Å². The lowest BCUT2D eigenvalue weighted by molar-refractivity contribution is 0.539. The maximum absolute atomic E-state index is 4.70. The van der Waals surface area contributed by atoms with Crippen LogP contribution < -0.4 is 0 Å². The third kappa shape index (κ3) is 10.7. The molecule has 1 rings (SSSR count). The van der Waals surface area contributed by atoms with E-state index < -0.39 is 0 Å². The molecule has 26 heavy (non-hydrogen) atoms. The van der Waals surface area contributed by atoms with E-state index in [-0.39, 0.29) is 5.41 Å². The molecule has 0 radical (unpaired) electrons. The molecular formula is C25H44S. The number of hydrogen-bond donors (Lipinski definition) is 1. The Morgan fingerprint density at radius 3 is 1.58 bits per heavy atom. The van der Waals surface area contributed by atoms with Gasteiger partial charge in [0.15, 0.2) is 0 Å². The molecule has 0 fully saturated rings. The van der Waals surface area contributed by atoms with E-state index in [1.54, 1.807) is 0 Å². The van der Waals surface area contributed by atoms with Gasteiger partial charge < -0.3 is 0 Å². The molecule has 0 saturated heterocycles. The van der Waals surface area contributed by atoms with E-state index in [0.29, 0.717) is 0 Å². The number of rotatable bonds is 14. The van der Waals surface area contributed by atoms with Crippen LogP contribution in [0.2, 0.25) is 0 Å². The van der Waals surface area contributed by atoms with Gasteiger partial charge >= 0.3 is 0 Å². The van der Waals surface area contributed by atoms with Crippen LogP contribution in [-0.4, -0.2) is 0 Å². The molecule has 0 spiro atoms. The van der Waals surface area contributed by atoms with Gasteiger partial charge in [-0.05, 0) is 35.4 Å². The predicted octanol–water partition coefficient (Wildman–Crippen LogP) is 8.91. The second-order valence-corrected chi connectivity index (χ2v) is 9.58. The van der Waals surface area contributed by atoms with Gasteiger partial charge in [-0.2, -0.15) is 0 Å². The van der Waals surface area contributed by atoms with Gasteiger partial charge in [-0.25, -0.2) is 0 Å². The molecule has 0 aliphatic carbocycles. The summed E-state index contributed by atoms with van der Waals surface area (Å²) in [7, 11) is 0. The van der Waals surface area contributed by atoms with E-state index >= 15 is 0 Å². The first-order valence-corrected chi connectivity index (χ1v) is 11.7. The van der Waals surface area contributed by atoms with Crippen LogP contribution in [0, 0.1) is 0 Å². The van der Waals surface area contributed by atoms with Crippen LogP contribution in [0.1, 0.15) is 122 Å². The summed E-state index contributed by atoms with van der Waals surface area (Å²) in [6.45, 7) is 9.07. The fourth-order valence-electron chi connectivity index (χ4n) is 3.71. The van der Waals surface area contributed by atoms with Crippen LogP contribution in [0.4, 0.5) is 0 Å². The molecule has 0 amide bonds. The number of unbranched alkanes of at least 4 members (excludes halogenated alkanes) is 12. The molecule has 0 unspecified atom stereocenters. The van der Waals surface area contributed by atoms with Crippen molar-refractivity contribution in [3.8, 4) is 0 Å². The Morgan fingerprint density at radius 2 is 1.15 bits per heavy atom. The highest BCUT2D eigenvalue weighted by Crippen LogP contribution is 2.29. The maximum atomic E-state index is 4.70. The highest BCUT2D eigenvalue weighted by molar-refractivity contribution is 7.80. The summed E-state index contributed by atoms with van der Waals surface area (Å²) in [6, 6.07) is 6.87. The highest BCUT2D eigenvalue weighted by atomic mass is 32.1. The fraction of sp³-hybridized carbons (Fsp3) is 0.760. The number of aryl methyl sites for hydroxylation is 1. The molecule has 0 aromatic heterocycles. The van der Waals surface area contributed by atoms with Gasteiger partial charge in [-0.3, -0.25) is 0 Å². The minimum absolute atomic E-state index is 0.186. The molecule has 0 bridgehead atoms. The Bertz CT molecular complexity index is 470. The molecule has 1 aromatic rings. The molecule has 1 heteroatoms. The Hall–Kier alpha value is -0.430. The molecule has 0 saturated carbocycles. The third-order valence-corrected chi connectivity index (χ3v) is 5.81. The summed E-state index contributed by atoms with van der Waals surface area (Å²) in [5.41, 5.74) is 2.99. The SMILES string of the molecule is CCCCCCCCCCCCCCCc1ccc(C(C)(C)C)c(S)c1. The molecule has 0 atom stereocenters. The van der Waals surface area contributed by atoms with E-state index in [4.69, 9.17) is 12.6 Å². The van der Waals surface area contributed by atoms with Crippen molar-refractivity contribution in [1.82, 2.24) is 0 Å². The third-order valence-electron chi connectivity index (χ3n) is 5.44. The summed E-state index contributed by atoms with van der Waals surface area (Å²) >= 11 is 4.70. The van der Waals surface area contributed by atoms with Gasteiger partial charge in [0.05, 0.1) is 0 Å². The minimum atomic E-state index is 0.186. The van der Waals surface area contributed by atoms with Crippen LogP contribution >= 0.6 is 12.6 Å². The lowest BCUT2D eigenvalue weighted by Crippen LogP contribution is -2.12. The highest BCUT2D eigenvalue weighted by Gasteiger charge is 2.16. The smallest absolute Gasteiger partial charge is 0.00801 e. The molecule has 0 nitrogen and oxygen atoms in total. The van der Waals surface area contributed by atoms with Crippen LogP contribution in [0.15, 0.2) is 23.1 Å². The van der Waals surface area contributed by atoms with Crippen molar-refractivity contribution >= 4 is 12.6 Å². The summed E-state index contributed by atoms with van der Waals surface area (Å²) in [5, 5.41) is 0. The molecule has 0 aliphatic rings. The lowest BCUT2D eigenvalue weighted by atomic mass is 9.86. The van der Waals surface area contributed by atoms with Gasteiger partial charge in [-0.1, -0.05) is 117 Å². The van der Waals surface area contributed by atoms with Crippen molar-refractivity contribution in [3.05, 3.63) is 29.3 Å². The zero-order chi connectivity index (χ0) is 19.3. The van der Waals surface area contributed by atoms with Crippen LogP contribution in [0.5, 0.6) is 0 Å². The average Bonchev–Trinajstić information content (AvgIpc) is 2.58. The van der Waals surface area contributed by atoms with E-state index in [2.05, 4.69) is 45.9 Å². The predicted molar refractivity (Wildman–Crippen MR) is 122 cm³/mol. The zero-order valence-corrected chi connectivity index (χ0v) is 19.0. The monoisotopic (exact) mass is 376 g/mol. The first-order chi connectivity index (χ1) is 12.4. The first kappa shape index (κ1) is 23.6. The molecule has 0 N–H and O–H groups in total. The normalized spacial score (nSPS) is 11.9. The van der Waals surface area contributed by atoms with Crippen molar-refractivity contribution in [2.45, 2.75) is 128 Å². The van der Waals surface area contributed by atoms with E-state index in [1.807, 2.05) is 0 Å². The molecule has 1 aromatic carbocycles. The average molecular weight is 377 g/mol. The Morgan fingerprint density at radius 1 is 0.692 bits per heavy atom. The standard InChI is InChI=1S/C25H44S/c1-5-6-7-8-9-10-11-12-13-14-15-16-17-18-22-19-20-23(24(26)21-22)25(2,3)4/h19-21,26H,5-18H2,1-4H3. The maximum Gasteiger partial charge on any atom is 0.00801 e. The van der Waals surface area contributed by atoms with Gasteiger partial charge in [0, 0.05) is 4.90 Å². The van der Waals surface area contributed by atoms with Gasteiger partial charge in [0.25, 0.3) is 0 Å². The molecule has 150 valence electrons. The van der Waals surface area contributed by atoms with Crippen molar-refractivity contribution in [3.63, 3.8) is 0 Å². The summed E-state index contributed by atoms with van der Waals surface area (Å²) < 4.78 is 0. The van der Waals surface area contributed by atoms with Gasteiger partial charge in [0.2, 0.25) is 0 Å². The summed E-state index contributed by atoms with van der Waals surface area (Å²) in [5.74, 6) is 0. The fourth-order valence-corrected chi connectivity index (χ4v) is 4.29. The second-order valence-electron chi connectivity index (χ2n) is 9.09. The van der Waals surface area contributed by atoms with Crippen LogP contribution in [0.3, 0.4) is 0 Å². The second kappa shape index (κ2) is 13.7. The van der Waals surface area contributed by atoms with E-state index in [1.165, 1.54) is 101 Å². The van der Waals surface area contributed by atoms with Crippen LogP contribution in [-0.2, 0) is 11.8 Å². The lowest BCUT2D eigenvalue weighted by Gasteiger charge is -2.21. The molecular weight excluding hydrogens is 332 g/mol. The Kier molecular flexibility index (Phi) is 12.4. The summed E-state index contributed by atoms with van der Waals surface area (Å²) in [6.07, 6.45) is 19.7. The van der Waals surface area contributed by atoms with Crippen molar-refractivity contribution in [2.24, 2.45) is 0 Å².